The Kier molecular flexibility index (Phi) is 5.83. The van der Waals surface area contributed by atoms with Crippen LogP contribution in [-0.2, 0) is 6.54 Å². The van der Waals surface area contributed by atoms with Crippen molar-refractivity contribution in [2.45, 2.75) is 19.4 Å². The molecule has 0 spiro atoms. The van der Waals surface area contributed by atoms with Crippen molar-refractivity contribution >= 4 is 23.1 Å². The number of likely N-dealkylation sites (tertiary alicyclic amines) is 1. The van der Waals surface area contributed by atoms with E-state index in [1.54, 1.807) is 12.3 Å². The molecule has 0 radical (unpaired) electrons. The summed E-state index contributed by atoms with van der Waals surface area (Å²) in [6.07, 6.45) is 3.68. The molecule has 2 heterocycles. The number of nitro groups is 1. The van der Waals surface area contributed by atoms with Gasteiger partial charge in [0, 0.05) is 30.4 Å². The molecule has 6 nitrogen and oxygen atoms in total. The van der Waals surface area contributed by atoms with Crippen molar-refractivity contribution < 1.29 is 4.92 Å². The van der Waals surface area contributed by atoms with Crippen LogP contribution in [0.5, 0.6) is 0 Å². The molecular formula is C18H21ClN4O2. The second-order valence-corrected chi connectivity index (χ2v) is 6.73. The molecule has 1 aliphatic heterocycles. The second kappa shape index (κ2) is 8.27. The van der Waals surface area contributed by atoms with Gasteiger partial charge in [-0.2, -0.15) is 0 Å². The summed E-state index contributed by atoms with van der Waals surface area (Å²) in [6, 6.07) is 11.0. The number of aromatic nitrogens is 1. The quantitative estimate of drug-likeness (QED) is 0.623. The minimum Gasteiger partial charge on any atom is -0.364 e. The van der Waals surface area contributed by atoms with E-state index >= 15 is 0 Å². The molecule has 1 aromatic heterocycles. The van der Waals surface area contributed by atoms with Crippen LogP contribution in [0, 0.1) is 16.0 Å². The van der Waals surface area contributed by atoms with Gasteiger partial charge >= 0.3 is 5.69 Å². The predicted molar refractivity (Wildman–Crippen MR) is 98.8 cm³/mol. The summed E-state index contributed by atoms with van der Waals surface area (Å²) >= 11 is 6.23. The van der Waals surface area contributed by atoms with Gasteiger partial charge in [-0.05, 0) is 49.5 Å². The zero-order chi connectivity index (χ0) is 17.6. The van der Waals surface area contributed by atoms with Crippen LogP contribution < -0.4 is 5.32 Å². The second-order valence-electron chi connectivity index (χ2n) is 6.32. The van der Waals surface area contributed by atoms with Crippen LogP contribution in [0.3, 0.4) is 0 Å². The minimum atomic E-state index is -0.401. The lowest BCUT2D eigenvalue weighted by Gasteiger charge is -2.32. The highest BCUT2D eigenvalue weighted by Gasteiger charge is 2.21. The monoisotopic (exact) mass is 360 g/mol. The number of anilines is 1. The number of hydrogen-bond donors (Lipinski definition) is 1. The average molecular weight is 361 g/mol. The maximum absolute atomic E-state index is 11.0. The van der Waals surface area contributed by atoms with Crippen molar-refractivity contribution in [2.75, 3.05) is 25.0 Å². The van der Waals surface area contributed by atoms with Gasteiger partial charge in [0.25, 0.3) is 0 Å². The molecule has 7 heteroatoms. The van der Waals surface area contributed by atoms with Crippen molar-refractivity contribution in [3.63, 3.8) is 0 Å². The Balaban J connectivity index is 1.49. The van der Waals surface area contributed by atoms with E-state index in [-0.39, 0.29) is 5.69 Å². The summed E-state index contributed by atoms with van der Waals surface area (Å²) in [5.74, 6) is 0.843. The Morgan fingerprint density at radius 3 is 2.72 bits per heavy atom. The molecule has 0 saturated carbocycles. The van der Waals surface area contributed by atoms with Gasteiger partial charge in [-0.25, -0.2) is 4.98 Å². The topological polar surface area (TPSA) is 71.3 Å². The number of halogens is 1. The van der Waals surface area contributed by atoms with E-state index in [2.05, 4.69) is 21.3 Å². The maximum Gasteiger partial charge on any atom is 0.311 e. The highest BCUT2D eigenvalue weighted by molar-refractivity contribution is 6.31. The van der Waals surface area contributed by atoms with E-state index in [0.717, 1.165) is 43.1 Å². The number of rotatable bonds is 6. The summed E-state index contributed by atoms with van der Waals surface area (Å²) in [5, 5.41) is 15.0. The van der Waals surface area contributed by atoms with Crippen LogP contribution >= 0.6 is 11.6 Å². The average Bonchev–Trinajstić information content (AvgIpc) is 2.63. The molecule has 0 unspecified atom stereocenters. The van der Waals surface area contributed by atoms with Crippen molar-refractivity contribution in [2.24, 2.45) is 5.92 Å². The molecule has 25 heavy (non-hydrogen) atoms. The zero-order valence-electron chi connectivity index (χ0n) is 13.9. The van der Waals surface area contributed by atoms with Gasteiger partial charge in [-0.3, -0.25) is 15.0 Å². The van der Waals surface area contributed by atoms with Crippen LogP contribution in [0.1, 0.15) is 18.4 Å². The first-order valence-corrected chi connectivity index (χ1v) is 8.80. The molecule has 0 atom stereocenters. The molecule has 1 fully saturated rings. The summed E-state index contributed by atoms with van der Waals surface area (Å²) < 4.78 is 0. The first-order valence-electron chi connectivity index (χ1n) is 8.42. The van der Waals surface area contributed by atoms with Crippen molar-refractivity contribution in [3.8, 4) is 0 Å². The Morgan fingerprint density at radius 2 is 2.00 bits per heavy atom. The fourth-order valence-corrected chi connectivity index (χ4v) is 3.33. The van der Waals surface area contributed by atoms with Gasteiger partial charge in [0.15, 0.2) is 0 Å². The Hall–Kier alpha value is -2.18. The van der Waals surface area contributed by atoms with Crippen LogP contribution in [0.25, 0.3) is 0 Å². The highest BCUT2D eigenvalue weighted by atomic mass is 35.5. The van der Waals surface area contributed by atoms with Crippen molar-refractivity contribution in [3.05, 3.63) is 63.3 Å². The van der Waals surface area contributed by atoms with E-state index in [0.29, 0.717) is 18.3 Å². The third kappa shape index (κ3) is 4.67. The largest absolute Gasteiger partial charge is 0.364 e. The molecule has 3 rings (SSSR count). The molecule has 0 aliphatic carbocycles. The van der Waals surface area contributed by atoms with Crippen molar-refractivity contribution in [1.82, 2.24) is 9.88 Å². The number of benzene rings is 1. The standard InChI is InChI=1S/C18H21ClN4O2/c19-16-5-2-1-4-15(16)13-22-10-7-14(8-11-22)12-21-18-17(23(24)25)6-3-9-20-18/h1-6,9,14H,7-8,10-13H2,(H,20,21). The van der Waals surface area contributed by atoms with Gasteiger partial charge in [-0.1, -0.05) is 29.8 Å². The van der Waals surface area contributed by atoms with Crippen LogP contribution in [-0.4, -0.2) is 34.4 Å². The molecule has 2 aromatic rings. The fourth-order valence-electron chi connectivity index (χ4n) is 3.14. The molecule has 132 valence electrons. The maximum atomic E-state index is 11.0. The summed E-state index contributed by atoms with van der Waals surface area (Å²) in [5.41, 5.74) is 1.18. The smallest absolute Gasteiger partial charge is 0.311 e. The first kappa shape index (κ1) is 17.6. The van der Waals surface area contributed by atoms with Gasteiger partial charge in [0.05, 0.1) is 4.92 Å². The highest BCUT2D eigenvalue weighted by Crippen LogP contribution is 2.24. The lowest BCUT2D eigenvalue weighted by Crippen LogP contribution is -2.35. The number of piperidine rings is 1. The van der Waals surface area contributed by atoms with E-state index in [1.165, 1.54) is 6.07 Å². The van der Waals surface area contributed by atoms with E-state index in [9.17, 15) is 10.1 Å². The number of nitrogens with one attached hydrogen (secondary N) is 1. The van der Waals surface area contributed by atoms with Gasteiger partial charge < -0.3 is 5.32 Å². The summed E-state index contributed by atoms with van der Waals surface area (Å²) in [6.45, 7) is 3.58. The lowest BCUT2D eigenvalue weighted by molar-refractivity contribution is -0.384. The Morgan fingerprint density at radius 1 is 1.24 bits per heavy atom. The minimum absolute atomic E-state index is 0.0265. The Labute approximate surface area is 152 Å². The van der Waals surface area contributed by atoms with Gasteiger partial charge in [0.1, 0.15) is 0 Å². The third-order valence-electron chi connectivity index (χ3n) is 4.60. The molecular weight excluding hydrogens is 340 g/mol. The van der Waals surface area contributed by atoms with Gasteiger partial charge in [-0.15, -0.1) is 0 Å². The fraction of sp³-hybridized carbons (Fsp3) is 0.389. The first-order chi connectivity index (χ1) is 12.1. The molecule has 0 bridgehead atoms. The third-order valence-corrected chi connectivity index (χ3v) is 4.97. The van der Waals surface area contributed by atoms with Gasteiger partial charge in [0.2, 0.25) is 5.82 Å². The SMILES string of the molecule is O=[N+]([O-])c1cccnc1NCC1CCN(Cc2ccccc2Cl)CC1. The summed E-state index contributed by atoms with van der Waals surface area (Å²) in [7, 11) is 0. The van der Waals surface area contributed by atoms with Crippen LogP contribution in [0.2, 0.25) is 5.02 Å². The Bertz CT molecular complexity index is 733. The normalized spacial score (nSPS) is 15.9. The lowest BCUT2D eigenvalue weighted by atomic mass is 9.96. The number of nitrogens with zero attached hydrogens (tertiary/aromatic N) is 3. The molecule has 1 N–H and O–H groups in total. The molecule has 1 saturated heterocycles. The number of hydrogen-bond acceptors (Lipinski definition) is 5. The number of pyridine rings is 1. The van der Waals surface area contributed by atoms with E-state index in [4.69, 9.17) is 11.6 Å². The van der Waals surface area contributed by atoms with E-state index < -0.39 is 4.92 Å². The van der Waals surface area contributed by atoms with Crippen molar-refractivity contribution in [1.29, 1.82) is 0 Å². The molecule has 1 aliphatic rings. The van der Waals surface area contributed by atoms with Crippen LogP contribution in [0.15, 0.2) is 42.6 Å². The molecule has 1 aromatic carbocycles. The predicted octanol–water partition coefficient (Wildman–Crippen LogP) is 3.97. The van der Waals surface area contributed by atoms with E-state index in [1.807, 2.05) is 18.2 Å². The summed E-state index contributed by atoms with van der Waals surface area (Å²) in [4.78, 5) is 17.1. The zero-order valence-corrected chi connectivity index (χ0v) is 14.7. The van der Waals surface area contributed by atoms with Crippen LogP contribution in [0.4, 0.5) is 11.5 Å². The molecule has 0 amide bonds.